The van der Waals surface area contributed by atoms with Gasteiger partial charge < -0.3 is 5.73 Å². The highest BCUT2D eigenvalue weighted by atomic mass is 16.1. The zero-order valence-electron chi connectivity index (χ0n) is 13.1. The van der Waals surface area contributed by atoms with Gasteiger partial charge in [0.25, 0.3) is 0 Å². The van der Waals surface area contributed by atoms with Crippen LogP contribution in [0.5, 0.6) is 0 Å². The number of nitrogens with two attached hydrogens (primary N) is 1. The Bertz CT molecular complexity index is 851. The van der Waals surface area contributed by atoms with E-state index in [0.717, 1.165) is 23.0 Å². The molecule has 0 aliphatic heterocycles. The van der Waals surface area contributed by atoms with Crippen molar-refractivity contribution in [1.82, 2.24) is 15.2 Å². The number of rotatable bonds is 4. The van der Waals surface area contributed by atoms with Crippen LogP contribution in [0.4, 0.5) is 5.95 Å². The van der Waals surface area contributed by atoms with Gasteiger partial charge in [-0.2, -0.15) is 4.98 Å². The van der Waals surface area contributed by atoms with Gasteiger partial charge >= 0.3 is 0 Å². The molecule has 1 aromatic heterocycles. The molecule has 0 unspecified atom stereocenters. The third-order valence-corrected chi connectivity index (χ3v) is 4.08. The molecule has 116 valence electrons. The van der Waals surface area contributed by atoms with E-state index in [1.807, 2.05) is 42.5 Å². The summed E-state index contributed by atoms with van der Waals surface area (Å²) in [7, 11) is 0. The molecule has 0 spiro atoms. The number of nitrogens with zero attached hydrogens (tertiary/aromatic N) is 2. The molecular formula is C18H18N4O. The number of nitrogens with one attached hydrogen (secondary N) is 1. The molecule has 0 saturated heterocycles. The van der Waals surface area contributed by atoms with Crippen LogP contribution < -0.4 is 5.73 Å². The van der Waals surface area contributed by atoms with Gasteiger partial charge in [-0.05, 0) is 30.5 Å². The van der Waals surface area contributed by atoms with Crippen molar-refractivity contribution in [2.45, 2.75) is 19.3 Å². The van der Waals surface area contributed by atoms with E-state index in [1.165, 1.54) is 0 Å². The van der Waals surface area contributed by atoms with E-state index in [2.05, 4.69) is 35.1 Å². The molecule has 0 radical (unpaired) electrons. The molecule has 3 N–H and O–H groups in total. The Morgan fingerprint density at radius 2 is 1.91 bits per heavy atom. The van der Waals surface area contributed by atoms with Crippen molar-refractivity contribution in [3.8, 4) is 11.1 Å². The first-order chi connectivity index (χ1) is 11.0. The van der Waals surface area contributed by atoms with Gasteiger partial charge in [-0.3, -0.25) is 9.89 Å². The summed E-state index contributed by atoms with van der Waals surface area (Å²) >= 11 is 0. The van der Waals surface area contributed by atoms with E-state index < -0.39 is 0 Å². The molecule has 0 atom stereocenters. The fourth-order valence-corrected chi connectivity index (χ4v) is 2.63. The minimum Gasteiger partial charge on any atom is -0.367 e. The second-order valence-electron chi connectivity index (χ2n) is 5.95. The lowest BCUT2D eigenvalue weighted by molar-refractivity contribution is 0.112. The van der Waals surface area contributed by atoms with Crippen molar-refractivity contribution in [2.24, 2.45) is 0 Å². The van der Waals surface area contributed by atoms with E-state index >= 15 is 0 Å². The van der Waals surface area contributed by atoms with E-state index in [-0.39, 0.29) is 11.4 Å². The maximum atomic E-state index is 11.3. The Kier molecular flexibility index (Phi) is 3.70. The molecule has 0 amide bonds. The first-order valence-corrected chi connectivity index (χ1v) is 7.36. The van der Waals surface area contributed by atoms with E-state index in [0.29, 0.717) is 11.4 Å². The Morgan fingerprint density at radius 1 is 1.13 bits per heavy atom. The molecule has 0 aliphatic rings. The predicted octanol–water partition coefficient (Wildman–Crippen LogP) is 3.19. The number of aldehydes is 1. The Hall–Kier alpha value is -2.95. The number of carbonyl (C=O) groups excluding carboxylic acids is 1. The van der Waals surface area contributed by atoms with E-state index in [9.17, 15) is 4.79 Å². The van der Waals surface area contributed by atoms with Crippen molar-refractivity contribution in [1.29, 1.82) is 0 Å². The van der Waals surface area contributed by atoms with Crippen LogP contribution in [-0.4, -0.2) is 21.5 Å². The number of carbonyl (C=O) groups is 1. The maximum absolute atomic E-state index is 11.3. The van der Waals surface area contributed by atoms with Gasteiger partial charge in [0.05, 0.1) is 0 Å². The van der Waals surface area contributed by atoms with Crippen molar-refractivity contribution in [3.05, 3.63) is 65.5 Å². The van der Waals surface area contributed by atoms with E-state index in [1.54, 1.807) is 0 Å². The van der Waals surface area contributed by atoms with Gasteiger partial charge in [0.1, 0.15) is 5.82 Å². The van der Waals surface area contributed by atoms with Crippen molar-refractivity contribution < 1.29 is 4.79 Å². The van der Waals surface area contributed by atoms with Crippen LogP contribution >= 0.6 is 0 Å². The molecule has 5 nitrogen and oxygen atoms in total. The molecule has 3 rings (SSSR count). The van der Waals surface area contributed by atoms with Gasteiger partial charge in [0.2, 0.25) is 5.95 Å². The van der Waals surface area contributed by atoms with Crippen molar-refractivity contribution in [3.63, 3.8) is 0 Å². The summed E-state index contributed by atoms with van der Waals surface area (Å²) in [5, 5.41) is 6.80. The zero-order valence-corrected chi connectivity index (χ0v) is 13.1. The molecule has 0 saturated carbocycles. The number of anilines is 1. The van der Waals surface area contributed by atoms with Crippen LogP contribution in [0.25, 0.3) is 11.1 Å². The number of hydrogen-bond donors (Lipinski definition) is 2. The smallest absolute Gasteiger partial charge is 0.239 e. The fourth-order valence-electron chi connectivity index (χ4n) is 2.63. The van der Waals surface area contributed by atoms with Crippen LogP contribution in [-0.2, 0) is 5.41 Å². The van der Waals surface area contributed by atoms with Crippen LogP contribution in [0, 0.1) is 0 Å². The number of hydrogen-bond acceptors (Lipinski definition) is 4. The summed E-state index contributed by atoms with van der Waals surface area (Å²) in [5.74, 6) is 0.936. The number of aromatic amines is 1. The number of aromatic nitrogens is 3. The SMILES string of the molecule is CC(C)(c1cccc(-c2ccccc2C=O)c1)c1nc(N)n[nH]1. The molecule has 3 aromatic rings. The second-order valence-corrected chi connectivity index (χ2v) is 5.95. The highest BCUT2D eigenvalue weighted by Gasteiger charge is 2.27. The highest BCUT2D eigenvalue weighted by Crippen LogP contribution is 2.32. The van der Waals surface area contributed by atoms with Gasteiger partial charge in [0, 0.05) is 11.0 Å². The quantitative estimate of drug-likeness (QED) is 0.725. The third-order valence-electron chi connectivity index (χ3n) is 4.08. The Labute approximate surface area is 134 Å². The lowest BCUT2D eigenvalue weighted by Crippen LogP contribution is -2.21. The topological polar surface area (TPSA) is 84.7 Å². The minimum absolute atomic E-state index is 0.232. The van der Waals surface area contributed by atoms with Gasteiger partial charge in [-0.15, -0.1) is 5.10 Å². The molecule has 5 heteroatoms. The summed E-state index contributed by atoms with van der Waals surface area (Å²) < 4.78 is 0. The average molecular weight is 306 g/mol. The second kappa shape index (κ2) is 5.68. The normalized spacial score (nSPS) is 11.4. The molecule has 0 bridgehead atoms. The number of benzene rings is 2. The van der Waals surface area contributed by atoms with Gasteiger partial charge in [-0.1, -0.05) is 48.5 Å². The van der Waals surface area contributed by atoms with Gasteiger partial charge in [0.15, 0.2) is 6.29 Å². The molecule has 1 heterocycles. The zero-order chi connectivity index (χ0) is 16.4. The average Bonchev–Trinajstić information content (AvgIpc) is 3.02. The monoisotopic (exact) mass is 306 g/mol. The van der Waals surface area contributed by atoms with Crippen LogP contribution in [0.15, 0.2) is 48.5 Å². The standard InChI is InChI=1S/C18H18N4O/c1-18(2,16-20-17(19)22-21-16)14-8-5-7-12(10-14)15-9-4-3-6-13(15)11-23/h3-11H,1-2H3,(H3,19,20,21,22). The minimum atomic E-state index is -0.378. The summed E-state index contributed by atoms with van der Waals surface area (Å²) in [6.45, 7) is 4.11. The van der Waals surface area contributed by atoms with Crippen molar-refractivity contribution in [2.75, 3.05) is 5.73 Å². The Morgan fingerprint density at radius 3 is 2.61 bits per heavy atom. The van der Waals surface area contributed by atoms with E-state index in [4.69, 9.17) is 5.73 Å². The highest BCUT2D eigenvalue weighted by molar-refractivity contribution is 5.87. The van der Waals surface area contributed by atoms with Crippen molar-refractivity contribution >= 4 is 12.2 Å². The summed E-state index contributed by atoms with van der Waals surface area (Å²) in [4.78, 5) is 15.5. The Balaban J connectivity index is 2.08. The molecule has 0 aliphatic carbocycles. The maximum Gasteiger partial charge on any atom is 0.239 e. The molecule has 0 fully saturated rings. The summed E-state index contributed by atoms with van der Waals surface area (Å²) in [6, 6.07) is 15.6. The lowest BCUT2D eigenvalue weighted by Gasteiger charge is -2.23. The van der Waals surface area contributed by atoms with Crippen LogP contribution in [0.2, 0.25) is 0 Å². The number of H-pyrrole nitrogens is 1. The summed E-state index contributed by atoms with van der Waals surface area (Å²) in [6.07, 6.45) is 0.879. The molecule has 23 heavy (non-hydrogen) atoms. The summed E-state index contributed by atoms with van der Waals surface area (Å²) in [5.41, 5.74) is 8.88. The third kappa shape index (κ3) is 2.73. The first kappa shape index (κ1) is 15.0. The lowest BCUT2D eigenvalue weighted by atomic mass is 9.82. The predicted molar refractivity (Wildman–Crippen MR) is 90.2 cm³/mol. The first-order valence-electron chi connectivity index (χ1n) is 7.36. The van der Waals surface area contributed by atoms with Crippen LogP contribution in [0.3, 0.4) is 0 Å². The van der Waals surface area contributed by atoms with Gasteiger partial charge in [-0.25, -0.2) is 0 Å². The molecule has 2 aromatic carbocycles. The number of nitrogen functional groups attached to an aromatic ring is 1. The van der Waals surface area contributed by atoms with Crippen LogP contribution in [0.1, 0.15) is 35.6 Å². The largest absolute Gasteiger partial charge is 0.367 e. The molecular weight excluding hydrogens is 288 g/mol. The fraction of sp³-hybridized carbons (Fsp3) is 0.167.